The van der Waals surface area contributed by atoms with E-state index in [0.29, 0.717) is 6.54 Å². The van der Waals surface area contributed by atoms with Crippen molar-refractivity contribution in [3.63, 3.8) is 0 Å². The molecule has 0 radical (unpaired) electrons. The van der Waals surface area contributed by atoms with Crippen LogP contribution in [-0.2, 0) is 6.61 Å². The van der Waals surface area contributed by atoms with Crippen LogP contribution in [0.2, 0.25) is 0 Å². The number of hydrogen-bond acceptors (Lipinski definition) is 5. The number of aliphatic hydroxyl groups excluding tert-OH is 1. The van der Waals surface area contributed by atoms with Crippen molar-refractivity contribution in [3.05, 3.63) is 17.5 Å². The maximum atomic E-state index is 11.6. The molecule has 0 spiro atoms. The minimum Gasteiger partial charge on any atom is -0.388 e. The first-order valence-corrected chi connectivity index (χ1v) is 5.02. The van der Waals surface area contributed by atoms with Crippen molar-refractivity contribution in [1.29, 1.82) is 0 Å². The number of aromatic nitrogens is 1. The van der Waals surface area contributed by atoms with Gasteiger partial charge >= 0.3 is 0 Å². The largest absolute Gasteiger partial charge is 0.388 e. The summed E-state index contributed by atoms with van der Waals surface area (Å²) in [5, 5.41) is 18.1. The van der Waals surface area contributed by atoms with E-state index in [2.05, 4.69) is 15.8 Å². The minimum atomic E-state index is -0.313. The molecule has 1 rings (SSSR count). The normalized spacial score (nSPS) is 11.5. The van der Waals surface area contributed by atoms with E-state index in [0.717, 1.165) is 0 Å². The summed E-state index contributed by atoms with van der Waals surface area (Å²) < 4.78 is 4.72. The monoisotopic (exact) mass is 227 g/mol. The van der Waals surface area contributed by atoms with Crippen LogP contribution in [0.3, 0.4) is 0 Å². The van der Waals surface area contributed by atoms with Crippen LogP contribution in [-0.4, -0.2) is 35.3 Å². The van der Waals surface area contributed by atoms with Gasteiger partial charge in [0.15, 0.2) is 11.5 Å². The zero-order valence-corrected chi connectivity index (χ0v) is 9.70. The average molecular weight is 227 g/mol. The summed E-state index contributed by atoms with van der Waals surface area (Å²) in [6, 6.07) is 1.42. The number of nitrogens with one attached hydrogen (secondary N) is 2. The molecule has 1 aromatic heterocycles. The summed E-state index contributed by atoms with van der Waals surface area (Å²) in [5.74, 6) is -0.0372. The zero-order chi connectivity index (χ0) is 12.2. The van der Waals surface area contributed by atoms with Crippen molar-refractivity contribution < 1.29 is 14.4 Å². The van der Waals surface area contributed by atoms with E-state index >= 15 is 0 Å². The number of hydrogen-bond donors (Lipinski definition) is 3. The fraction of sp³-hybridized carbons (Fsp3) is 0.600. The van der Waals surface area contributed by atoms with Gasteiger partial charge in [-0.1, -0.05) is 5.16 Å². The smallest absolute Gasteiger partial charge is 0.273 e. The molecule has 0 aliphatic heterocycles. The lowest BCUT2D eigenvalue weighted by Gasteiger charge is -2.23. The highest BCUT2D eigenvalue weighted by Crippen LogP contribution is 2.04. The van der Waals surface area contributed by atoms with Gasteiger partial charge in [-0.15, -0.1) is 0 Å². The Hall–Kier alpha value is -1.40. The topological polar surface area (TPSA) is 87.4 Å². The minimum absolute atomic E-state index is 0.177. The predicted octanol–water partition coefficient (Wildman–Crippen LogP) is -0.105. The van der Waals surface area contributed by atoms with Crippen molar-refractivity contribution in [2.75, 3.05) is 13.6 Å². The third-order valence-electron chi connectivity index (χ3n) is 2.32. The maximum Gasteiger partial charge on any atom is 0.273 e. The van der Waals surface area contributed by atoms with Crippen molar-refractivity contribution in [2.45, 2.75) is 26.0 Å². The second kappa shape index (κ2) is 5.09. The number of carbonyl (C=O) groups is 1. The van der Waals surface area contributed by atoms with E-state index in [9.17, 15) is 4.79 Å². The molecule has 0 bridgehead atoms. The number of likely N-dealkylation sites (N-methyl/N-ethyl adjacent to an activating group) is 1. The quantitative estimate of drug-likeness (QED) is 0.653. The molecule has 0 saturated carbocycles. The molecule has 1 heterocycles. The molecule has 1 amide bonds. The summed E-state index contributed by atoms with van der Waals surface area (Å²) >= 11 is 0. The van der Waals surface area contributed by atoms with Gasteiger partial charge in [-0.2, -0.15) is 0 Å². The molecular formula is C10H17N3O3. The molecule has 0 atom stereocenters. The van der Waals surface area contributed by atoms with Gasteiger partial charge in [-0.05, 0) is 20.9 Å². The summed E-state index contributed by atoms with van der Waals surface area (Å²) in [5.41, 5.74) is -0.00454. The first kappa shape index (κ1) is 12.7. The molecule has 3 N–H and O–H groups in total. The SMILES string of the molecule is CNC(C)(C)CNC(=O)c1cc(CO)on1. The molecule has 0 unspecified atom stereocenters. The van der Waals surface area contributed by atoms with Gasteiger partial charge < -0.3 is 20.3 Å². The van der Waals surface area contributed by atoms with Gasteiger partial charge in [0.2, 0.25) is 0 Å². The third kappa shape index (κ3) is 3.32. The molecule has 0 saturated heterocycles. The van der Waals surface area contributed by atoms with Crippen molar-refractivity contribution in [2.24, 2.45) is 0 Å². The van der Waals surface area contributed by atoms with E-state index in [1.165, 1.54) is 6.07 Å². The zero-order valence-electron chi connectivity index (χ0n) is 9.70. The van der Waals surface area contributed by atoms with Crippen LogP contribution in [0, 0.1) is 0 Å². The number of carbonyl (C=O) groups excluding carboxylic acids is 1. The molecule has 1 aromatic rings. The lowest BCUT2D eigenvalue weighted by Crippen LogP contribution is -2.47. The van der Waals surface area contributed by atoms with Gasteiger partial charge in [0, 0.05) is 18.2 Å². The fourth-order valence-corrected chi connectivity index (χ4v) is 0.975. The highest BCUT2D eigenvalue weighted by molar-refractivity contribution is 5.92. The van der Waals surface area contributed by atoms with Gasteiger partial charge in [0.05, 0.1) is 0 Å². The van der Waals surface area contributed by atoms with Crippen molar-refractivity contribution >= 4 is 5.91 Å². The van der Waals surface area contributed by atoms with Crippen LogP contribution in [0.25, 0.3) is 0 Å². The van der Waals surface area contributed by atoms with Gasteiger partial charge in [0.25, 0.3) is 5.91 Å². The molecule has 0 fully saturated rings. The highest BCUT2D eigenvalue weighted by Gasteiger charge is 2.18. The molecule has 6 heteroatoms. The van der Waals surface area contributed by atoms with E-state index < -0.39 is 0 Å². The van der Waals surface area contributed by atoms with Crippen LogP contribution in [0.4, 0.5) is 0 Å². The molecule has 90 valence electrons. The summed E-state index contributed by atoms with van der Waals surface area (Å²) in [6.45, 7) is 4.15. The average Bonchev–Trinajstić information content (AvgIpc) is 2.74. The Kier molecular flexibility index (Phi) is 4.03. The van der Waals surface area contributed by atoms with E-state index in [1.807, 2.05) is 20.9 Å². The van der Waals surface area contributed by atoms with E-state index in [1.54, 1.807) is 0 Å². The van der Waals surface area contributed by atoms with Gasteiger partial charge in [0.1, 0.15) is 6.61 Å². The first-order valence-electron chi connectivity index (χ1n) is 5.02. The standard InChI is InChI=1S/C10H17N3O3/c1-10(2,11-3)6-12-9(15)8-4-7(5-14)16-13-8/h4,11,14H,5-6H2,1-3H3,(H,12,15). The summed E-state index contributed by atoms with van der Waals surface area (Å²) in [4.78, 5) is 11.6. The van der Waals surface area contributed by atoms with Gasteiger partial charge in [-0.3, -0.25) is 4.79 Å². The predicted molar refractivity (Wildman–Crippen MR) is 57.9 cm³/mol. The number of amides is 1. The molecular weight excluding hydrogens is 210 g/mol. The number of nitrogens with zero attached hydrogens (tertiary/aromatic N) is 1. The van der Waals surface area contributed by atoms with Crippen LogP contribution in [0.5, 0.6) is 0 Å². The molecule has 0 aliphatic rings. The molecule has 0 aliphatic carbocycles. The summed E-state index contributed by atoms with van der Waals surface area (Å²) in [7, 11) is 1.83. The molecule has 0 aromatic carbocycles. The summed E-state index contributed by atoms with van der Waals surface area (Å²) in [6.07, 6.45) is 0. The van der Waals surface area contributed by atoms with Crippen LogP contribution >= 0.6 is 0 Å². The number of rotatable bonds is 5. The lowest BCUT2D eigenvalue weighted by molar-refractivity contribution is 0.0933. The Labute approximate surface area is 94.0 Å². The number of aliphatic hydroxyl groups is 1. The second-order valence-corrected chi connectivity index (χ2v) is 4.15. The Balaban J connectivity index is 2.53. The Morgan fingerprint density at radius 3 is 2.81 bits per heavy atom. The first-order chi connectivity index (χ1) is 7.48. The second-order valence-electron chi connectivity index (χ2n) is 4.15. The van der Waals surface area contributed by atoms with Crippen molar-refractivity contribution in [1.82, 2.24) is 15.8 Å². The highest BCUT2D eigenvalue weighted by atomic mass is 16.5. The maximum absolute atomic E-state index is 11.6. The Morgan fingerprint density at radius 1 is 1.62 bits per heavy atom. The van der Waals surface area contributed by atoms with Crippen LogP contribution in [0.15, 0.2) is 10.6 Å². The Bertz CT molecular complexity index is 360. The van der Waals surface area contributed by atoms with Crippen LogP contribution < -0.4 is 10.6 Å². The molecule has 6 nitrogen and oxygen atoms in total. The molecule has 16 heavy (non-hydrogen) atoms. The van der Waals surface area contributed by atoms with Crippen LogP contribution in [0.1, 0.15) is 30.1 Å². The van der Waals surface area contributed by atoms with E-state index in [4.69, 9.17) is 9.63 Å². The van der Waals surface area contributed by atoms with Gasteiger partial charge in [-0.25, -0.2) is 0 Å². The third-order valence-corrected chi connectivity index (χ3v) is 2.32. The lowest BCUT2D eigenvalue weighted by atomic mass is 10.1. The van der Waals surface area contributed by atoms with Crippen molar-refractivity contribution in [3.8, 4) is 0 Å². The Morgan fingerprint density at radius 2 is 2.31 bits per heavy atom. The fourth-order valence-electron chi connectivity index (χ4n) is 0.975. The van der Waals surface area contributed by atoms with E-state index in [-0.39, 0.29) is 29.5 Å².